The number of aryl methyl sites for hydroxylation is 1. The lowest BCUT2D eigenvalue weighted by Gasteiger charge is -2.07. The summed E-state index contributed by atoms with van der Waals surface area (Å²) in [5, 5.41) is 8.61. The van der Waals surface area contributed by atoms with Crippen molar-refractivity contribution in [2.75, 3.05) is 5.32 Å². The van der Waals surface area contributed by atoms with Crippen LogP contribution in [0.15, 0.2) is 49.7 Å². The quantitative estimate of drug-likeness (QED) is 0.717. The van der Waals surface area contributed by atoms with Crippen LogP contribution in [0.1, 0.15) is 34.7 Å². The van der Waals surface area contributed by atoms with Crippen LogP contribution in [0.5, 0.6) is 0 Å². The normalized spacial score (nSPS) is 12.1. The Labute approximate surface area is 147 Å². The third-order valence-corrected chi connectivity index (χ3v) is 5.25. The first kappa shape index (κ1) is 16.7. The van der Waals surface area contributed by atoms with Gasteiger partial charge in [0.1, 0.15) is 17.5 Å². The molecular weight excluding hydrogens is 344 g/mol. The number of rotatable bonds is 5. The minimum absolute atomic E-state index is 0.292. The van der Waals surface area contributed by atoms with E-state index in [1.807, 2.05) is 36.6 Å². The fourth-order valence-electron chi connectivity index (χ4n) is 2.03. The molecule has 3 rings (SSSR count). The number of anilines is 1. The third-order valence-electron chi connectivity index (χ3n) is 3.19. The van der Waals surface area contributed by atoms with Gasteiger partial charge < -0.3 is 15.6 Å². The molecule has 0 fully saturated rings. The number of thiazole rings is 1. The molecule has 0 aliphatic heterocycles. The molecule has 6 nitrogen and oxygen atoms in total. The molecular formula is C16H16N4O2S2. The molecule has 0 saturated carbocycles. The number of carbonyl (C=O) groups excluding carboxylic acids is 1. The molecule has 8 heteroatoms. The molecule has 24 heavy (non-hydrogen) atoms. The molecule has 3 N–H and O–H groups in total. The lowest BCUT2D eigenvalue weighted by Crippen LogP contribution is -2.16. The number of hydrogen-bond donors (Lipinski definition) is 2. The predicted molar refractivity (Wildman–Crippen MR) is 94.5 cm³/mol. The van der Waals surface area contributed by atoms with Gasteiger partial charge >= 0.3 is 0 Å². The van der Waals surface area contributed by atoms with Gasteiger partial charge in [-0.2, -0.15) is 0 Å². The monoisotopic (exact) mass is 360 g/mol. The van der Waals surface area contributed by atoms with E-state index in [0.717, 1.165) is 14.9 Å². The summed E-state index contributed by atoms with van der Waals surface area (Å²) in [4.78, 5) is 17.8. The van der Waals surface area contributed by atoms with Gasteiger partial charge in [-0.1, -0.05) is 16.9 Å². The highest BCUT2D eigenvalue weighted by molar-refractivity contribution is 8.01. The second-order valence-corrected chi connectivity index (χ2v) is 7.42. The maximum atomic E-state index is 12.3. The molecule has 0 bridgehead atoms. The van der Waals surface area contributed by atoms with E-state index in [4.69, 9.17) is 10.3 Å². The second kappa shape index (κ2) is 7.16. The molecule has 0 saturated heterocycles. The molecule has 2 heterocycles. The van der Waals surface area contributed by atoms with Crippen LogP contribution in [-0.2, 0) is 0 Å². The Morgan fingerprint density at radius 2 is 2.12 bits per heavy atom. The van der Waals surface area contributed by atoms with Crippen molar-refractivity contribution in [3.63, 3.8) is 0 Å². The number of nitrogens with one attached hydrogen (secondary N) is 1. The summed E-state index contributed by atoms with van der Waals surface area (Å²) < 4.78 is 5.85. The molecule has 124 valence electrons. The van der Waals surface area contributed by atoms with E-state index in [0.29, 0.717) is 16.9 Å². The van der Waals surface area contributed by atoms with E-state index in [2.05, 4.69) is 15.5 Å². The number of benzene rings is 1. The maximum absolute atomic E-state index is 12.3. The maximum Gasteiger partial charge on any atom is 0.260 e. The molecule has 2 aromatic heterocycles. The SMILES string of the molecule is Cc1csc(Sc2ccc(NC(=O)c3conc3C(C)N)cc2)n1. The van der Waals surface area contributed by atoms with Crippen molar-refractivity contribution >= 4 is 34.7 Å². The standard InChI is InChI=1S/C16H16N4O2S2/c1-9-8-23-16(18-9)24-12-5-3-11(4-6-12)19-15(21)13-7-22-20-14(13)10(2)17/h3-8,10H,17H2,1-2H3,(H,19,21). The molecule has 1 amide bonds. The first-order valence-electron chi connectivity index (χ1n) is 7.24. The fraction of sp³-hybridized carbons (Fsp3) is 0.188. The predicted octanol–water partition coefficient (Wildman–Crippen LogP) is 3.86. The fourth-order valence-corrected chi connectivity index (χ4v) is 3.84. The minimum Gasteiger partial charge on any atom is -0.364 e. The Hall–Kier alpha value is -2.16. The molecule has 0 aliphatic rings. The summed E-state index contributed by atoms with van der Waals surface area (Å²) in [5.41, 5.74) is 8.28. The minimum atomic E-state index is -0.370. The van der Waals surface area contributed by atoms with Crippen molar-refractivity contribution in [1.29, 1.82) is 0 Å². The van der Waals surface area contributed by atoms with Crippen LogP contribution < -0.4 is 11.1 Å². The van der Waals surface area contributed by atoms with Gasteiger partial charge in [-0.25, -0.2) is 4.98 Å². The second-order valence-electron chi connectivity index (χ2n) is 5.24. The molecule has 0 spiro atoms. The molecule has 1 atom stereocenters. The number of aromatic nitrogens is 2. The van der Waals surface area contributed by atoms with E-state index in [-0.39, 0.29) is 11.9 Å². The lowest BCUT2D eigenvalue weighted by atomic mass is 10.1. The first-order valence-corrected chi connectivity index (χ1v) is 8.94. The highest BCUT2D eigenvalue weighted by Crippen LogP contribution is 2.31. The molecule has 1 aromatic carbocycles. The van der Waals surface area contributed by atoms with Gasteiger partial charge in [-0.05, 0) is 38.1 Å². The zero-order chi connectivity index (χ0) is 17.1. The van der Waals surface area contributed by atoms with Gasteiger partial charge in [0, 0.05) is 27.7 Å². The third kappa shape index (κ3) is 3.84. The van der Waals surface area contributed by atoms with E-state index in [1.54, 1.807) is 30.0 Å². The lowest BCUT2D eigenvalue weighted by molar-refractivity contribution is 0.102. The van der Waals surface area contributed by atoms with Gasteiger partial charge in [0.2, 0.25) is 0 Å². The van der Waals surface area contributed by atoms with Crippen LogP contribution in [0.4, 0.5) is 5.69 Å². The Morgan fingerprint density at radius 3 is 2.75 bits per heavy atom. The van der Waals surface area contributed by atoms with Crippen molar-refractivity contribution in [3.8, 4) is 0 Å². The van der Waals surface area contributed by atoms with Crippen LogP contribution in [0.25, 0.3) is 0 Å². The number of carbonyl (C=O) groups is 1. The molecule has 3 aromatic rings. The van der Waals surface area contributed by atoms with Crippen LogP contribution in [0.3, 0.4) is 0 Å². The molecule has 1 unspecified atom stereocenters. The molecule has 0 radical (unpaired) electrons. The van der Waals surface area contributed by atoms with Gasteiger partial charge in [0.05, 0.1) is 0 Å². The summed E-state index contributed by atoms with van der Waals surface area (Å²) in [6.07, 6.45) is 1.31. The van der Waals surface area contributed by atoms with Crippen LogP contribution >= 0.6 is 23.1 Å². The number of nitrogens with zero attached hydrogens (tertiary/aromatic N) is 2. The summed E-state index contributed by atoms with van der Waals surface area (Å²) in [7, 11) is 0. The molecule has 0 aliphatic carbocycles. The highest BCUT2D eigenvalue weighted by atomic mass is 32.2. The summed E-state index contributed by atoms with van der Waals surface area (Å²) in [5.74, 6) is -0.292. The van der Waals surface area contributed by atoms with Crippen molar-refractivity contribution in [2.45, 2.75) is 29.1 Å². The van der Waals surface area contributed by atoms with E-state index in [1.165, 1.54) is 6.26 Å². The zero-order valence-electron chi connectivity index (χ0n) is 13.1. The van der Waals surface area contributed by atoms with Crippen molar-refractivity contribution in [1.82, 2.24) is 10.1 Å². The van der Waals surface area contributed by atoms with Gasteiger partial charge in [0.25, 0.3) is 5.91 Å². The van der Waals surface area contributed by atoms with Crippen molar-refractivity contribution in [2.24, 2.45) is 5.73 Å². The van der Waals surface area contributed by atoms with E-state index < -0.39 is 0 Å². The summed E-state index contributed by atoms with van der Waals surface area (Å²) in [6, 6.07) is 7.21. The van der Waals surface area contributed by atoms with E-state index >= 15 is 0 Å². The summed E-state index contributed by atoms with van der Waals surface area (Å²) >= 11 is 3.21. The van der Waals surface area contributed by atoms with Gasteiger partial charge in [-0.15, -0.1) is 11.3 Å². The number of amides is 1. The average molecular weight is 360 g/mol. The van der Waals surface area contributed by atoms with Gasteiger partial charge in [0.15, 0.2) is 4.34 Å². The van der Waals surface area contributed by atoms with Crippen molar-refractivity contribution < 1.29 is 9.32 Å². The smallest absolute Gasteiger partial charge is 0.260 e. The van der Waals surface area contributed by atoms with Crippen LogP contribution in [0, 0.1) is 6.92 Å². The van der Waals surface area contributed by atoms with Crippen LogP contribution in [0.2, 0.25) is 0 Å². The Kier molecular flexibility index (Phi) is 4.98. The Balaban J connectivity index is 1.67. The largest absolute Gasteiger partial charge is 0.364 e. The van der Waals surface area contributed by atoms with Crippen molar-refractivity contribution in [3.05, 3.63) is 52.9 Å². The summed E-state index contributed by atoms with van der Waals surface area (Å²) in [6.45, 7) is 3.72. The Morgan fingerprint density at radius 1 is 1.38 bits per heavy atom. The highest BCUT2D eigenvalue weighted by Gasteiger charge is 2.18. The van der Waals surface area contributed by atoms with Crippen LogP contribution in [-0.4, -0.2) is 16.0 Å². The number of hydrogen-bond acceptors (Lipinski definition) is 7. The topological polar surface area (TPSA) is 94.0 Å². The number of nitrogens with two attached hydrogens (primary N) is 1. The Bertz CT molecular complexity index is 840. The zero-order valence-corrected chi connectivity index (χ0v) is 14.8. The first-order chi connectivity index (χ1) is 11.5. The average Bonchev–Trinajstić information content (AvgIpc) is 3.18. The van der Waals surface area contributed by atoms with E-state index in [9.17, 15) is 4.79 Å². The van der Waals surface area contributed by atoms with Gasteiger partial charge in [-0.3, -0.25) is 4.79 Å².